The van der Waals surface area contributed by atoms with E-state index in [-0.39, 0.29) is 0 Å². The van der Waals surface area contributed by atoms with Crippen LogP contribution >= 0.6 is 22.7 Å². The summed E-state index contributed by atoms with van der Waals surface area (Å²) >= 11 is 3.65. The van der Waals surface area contributed by atoms with E-state index in [9.17, 15) is 0 Å². The Balaban J connectivity index is 0.873. The number of rotatable bonds is 7. The van der Waals surface area contributed by atoms with Gasteiger partial charge >= 0.3 is 0 Å². The first-order valence-corrected chi connectivity index (χ1v) is 27.9. The van der Waals surface area contributed by atoms with Crippen molar-refractivity contribution < 1.29 is 4.42 Å². The highest BCUT2D eigenvalue weighted by molar-refractivity contribution is 7.26. The zero-order valence-electron chi connectivity index (χ0n) is 42.0. The first kappa shape index (κ1) is 44.1. The molecule has 0 bridgehead atoms. The summed E-state index contributed by atoms with van der Waals surface area (Å²) in [6.45, 7) is 6.97. The zero-order valence-corrected chi connectivity index (χ0v) is 43.6. The van der Waals surface area contributed by atoms with Gasteiger partial charge < -0.3 is 4.42 Å². The van der Waals surface area contributed by atoms with E-state index >= 15 is 0 Å². The molecule has 11 aromatic carbocycles. The van der Waals surface area contributed by atoms with Crippen LogP contribution in [0.25, 0.3) is 118 Å². The van der Waals surface area contributed by atoms with Crippen LogP contribution < -0.4 is 0 Å². The molecule has 77 heavy (non-hydrogen) atoms. The number of aliphatic imine (C=N–C) groups is 1. The van der Waals surface area contributed by atoms with Gasteiger partial charge in [0.05, 0.1) is 16.8 Å². The molecule has 4 heteroatoms. The average Bonchev–Trinajstić information content (AvgIpc) is 3.77. The van der Waals surface area contributed by atoms with Crippen LogP contribution in [-0.4, -0.2) is 5.71 Å². The second-order valence-electron chi connectivity index (χ2n) is 20.5. The van der Waals surface area contributed by atoms with Crippen LogP contribution in [0.5, 0.6) is 0 Å². The zero-order chi connectivity index (χ0) is 50.9. The Morgan fingerprint density at radius 1 is 0.416 bits per heavy atom. The monoisotopic (exact) mass is 1020 g/mol. The molecular formula is C73H45NOS2. The van der Waals surface area contributed by atoms with Gasteiger partial charge in [-0.05, 0) is 139 Å². The van der Waals surface area contributed by atoms with Crippen LogP contribution in [0.1, 0.15) is 45.9 Å². The number of fused-ring (bicyclic) bond motifs is 19. The van der Waals surface area contributed by atoms with Crippen molar-refractivity contribution in [1.29, 1.82) is 0 Å². The fourth-order valence-electron chi connectivity index (χ4n) is 13.3. The normalized spacial score (nSPS) is 13.6. The van der Waals surface area contributed by atoms with Crippen molar-refractivity contribution in [1.82, 2.24) is 0 Å². The lowest BCUT2D eigenvalue weighted by Crippen LogP contribution is -2.26. The van der Waals surface area contributed by atoms with Crippen LogP contribution in [0.4, 0.5) is 0 Å². The van der Waals surface area contributed by atoms with Crippen molar-refractivity contribution in [2.75, 3.05) is 0 Å². The Hall–Kier alpha value is -9.19. The van der Waals surface area contributed by atoms with Crippen LogP contribution in [0.15, 0.2) is 259 Å². The Morgan fingerprint density at radius 2 is 0.922 bits per heavy atom. The second kappa shape index (κ2) is 16.9. The minimum absolute atomic E-state index is 0.456. The molecule has 0 unspecified atom stereocenters. The molecule has 3 heterocycles. The lowest BCUT2D eigenvalue weighted by atomic mass is 9.68. The van der Waals surface area contributed by atoms with Gasteiger partial charge in [0.25, 0.3) is 0 Å². The minimum Gasteiger partial charge on any atom is -0.456 e. The largest absolute Gasteiger partial charge is 0.456 e. The second-order valence-corrected chi connectivity index (χ2v) is 22.7. The molecule has 0 N–H and O–H groups in total. The lowest BCUT2D eigenvalue weighted by molar-refractivity contribution is 0.669. The molecule has 1 spiro atoms. The van der Waals surface area contributed by atoms with Crippen LogP contribution in [0.2, 0.25) is 0 Å². The third kappa shape index (κ3) is 6.44. The van der Waals surface area contributed by atoms with Gasteiger partial charge in [-0.1, -0.05) is 195 Å². The fraction of sp³-hybridized carbons (Fsp3) is 0.0274. The van der Waals surface area contributed by atoms with Gasteiger partial charge in [0.15, 0.2) is 0 Å². The number of benzene rings is 11. The molecule has 0 aliphatic heterocycles. The van der Waals surface area contributed by atoms with E-state index in [2.05, 4.69) is 250 Å². The van der Waals surface area contributed by atoms with E-state index in [4.69, 9.17) is 16.0 Å². The summed E-state index contributed by atoms with van der Waals surface area (Å²) in [5, 5.41) is 7.01. The van der Waals surface area contributed by atoms with Crippen molar-refractivity contribution in [3.8, 4) is 44.5 Å². The maximum absolute atomic E-state index is 6.79. The Bertz CT molecular complexity index is 4850. The van der Waals surface area contributed by atoms with Crippen molar-refractivity contribution >= 4 is 102 Å². The predicted molar refractivity (Wildman–Crippen MR) is 329 cm³/mol. The Labute approximate surface area is 453 Å². The molecule has 3 aromatic heterocycles. The van der Waals surface area contributed by atoms with Crippen LogP contribution in [0, 0.1) is 0 Å². The molecule has 0 atom stereocenters. The third-order valence-electron chi connectivity index (χ3n) is 16.4. The van der Waals surface area contributed by atoms with Crippen molar-refractivity contribution in [3.05, 3.63) is 288 Å². The first-order chi connectivity index (χ1) is 38.0. The SMILES string of the molecule is C=C(N=C(/C=C(\C)c1cccc2sc3ccccc3c12)c1cccc2oc3ccc(-c4cccc(-c5cccc6c5C5(c7ccccc7-c7ccccc75)c5ccccc5-6)c4)cc3c12)c1cccc2sc3ccccc3c12. The van der Waals surface area contributed by atoms with E-state index in [1.54, 1.807) is 0 Å². The predicted octanol–water partition coefficient (Wildman–Crippen LogP) is 20.6. The maximum atomic E-state index is 6.79. The van der Waals surface area contributed by atoms with Crippen molar-refractivity contribution in [2.24, 2.45) is 4.99 Å². The molecule has 0 saturated carbocycles. The summed E-state index contributed by atoms with van der Waals surface area (Å²) in [6.07, 6.45) is 2.27. The standard InChI is InChI=1S/C73H45NOS2/c1-43(48-25-16-36-67-70(48)56-23-6-11-34-65(56)76-67)40-62(74-44(2)49-26-17-37-68-71(49)57-24-7-12-35-66(57)77-68)55-29-15-33-64-69(55)58-42-46(38-39-63(58)75-64)45-18-13-19-47(41-45)50-27-14-28-54-53-22-5-10-32-61(53)73(72(50)54)59-30-8-3-20-51(59)52-21-4-9-31-60(52)73/h3-42H,2H2,1H3/b43-40+,74-62?. The number of hydrogen-bond acceptors (Lipinski definition) is 4. The Kier molecular flexibility index (Phi) is 9.69. The minimum atomic E-state index is -0.456. The van der Waals surface area contributed by atoms with Gasteiger partial charge in [0, 0.05) is 62.2 Å². The molecule has 0 saturated heterocycles. The number of furan rings is 1. The van der Waals surface area contributed by atoms with Crippen LogP contribution in [0.3, 0.4) is 0 Å². The smallest absolute Gasteiger partial charge is 0.136 e. The van der Waals surface area contributed by atoms with Crippen molar-refractivity contribution in [3.63, 3.8) is 0 Å². The van der Waals surface area contributed by atoms with Gasteiger partial charge in [-0.25, -0.2) is 4.99 Å². The van der Waals surface area contributed by atoms with E-state index in [0.717, 1.165) is 55.5 Å². The first-order valence-electron chi connectivity index (χ1n) is 26.3. The Morgan fingerprint density at radius 3 is 1.62 bits per heavy atom. The summed E-state index contributed by atoms with van der Waals surface area (Å²) in [5.74, 6) is 0. The molecule has 0 fully saturated rings. The van der Waals surface area contributed by atoms with Gasteiger partial charge in [-0.3, -0.25) is 0 Å². The summed E-state index contributed by atoms with van der Waals surface area (Å²) in [7, 11) is 0. The molecule has 0 radical (unpaired) electrons. The summed E-state index contributed by atoms with van der Waals surface area (Å²) in [5.41, 5.74) is 22.3. The highest BCUT2D eigenvalue weighted by Crippen LogP contribution is 2.64. The average molecular weight is 1020 g/mol. The van der Waals surface area contributed by atoms with E-state index < -0.39 is 5.41 Å². The topological polar surface area (TPSA) is 25.5 Å². The number of hydrogen-bond donors (Lipinski definition) is 0. The lowest BCUT2D eigenvalue weighted by Gasteiger charge is -2.32. The molecule has 2 aliphatic carbocycles. The summed E-state index contributed by atoms with van der Waals surface area (Å²) < 4.78 is 11.8. The summed E-state index contributed by atoms with van der Waals surface area (Å²) in [6, 6.07) is 86.8. The number of thiophene rings is 2. The van der Waals surface area contributed by atoms with Gasteiger partial charge in [0.1, 0.15) is 11.2 Å². The molecule has 16 rings (SSSR count). The van der Waals surface area contributed by atoms with E-state index in [0.29, 0.717) is 5.70 Å². The molecule has 2 aliphatic rings. The fourth-order valence-corrected chi connectivity index (χ4v) is 15.5. The highest BCUT2D eigenvalue weighted by Gasteiger charge is 2.52. The number of allylic oxidation sites excluding steroid dienone is 2. The van der Waals surface area contributed by atoms with E-state index in [1.165, 1.54) is 102 Å². The van der Waals surface area contributed by atoms with Gasteiger partial charge in [-0.15, -0.1) is 22.7 Å². The van der Waals surface area contributed by atoms with Gasteiger partial charge in [0.2, 0.25) is 0 Å². The molecule has 14 aromatic rings. The number of nitrogens with zero attached hydrogens (tertiary/aromatic N) is 1. The van der Waals surface area contributed by atoms with Crippen molar-refractivity contribution in [2.45, 2.75) is 12.3 Å². The van der Waals surface area contributed by atoms with Crippen LogP contribution in [-0.2, 0) is 5.41 Å². The molecular weight excluding hydrogens is 971 g/mol. The quantitative estimate of drug-likeness (QED) is 0.146. The molecule has 0 amide bonds. The summed E-state index contributed by atoms with van der Waals surface area (Å²) in [4.78, 5) is 5.62. The van der Waals surface area contributed by atoms with E-state index in [1.807, 2.05) is 22.7 Å². The highest BCUT2D eigenvalue weighted by atomic mass is 32.1. The molecule has 2 nitrogen and oxygen atoms in total. The van der Waals surface area contributed by atoms with Gasteiger partial charge in [-0.2, -0.15) is 0 Å². The molecule has 360 valence electrons. The maximum Gasteiger partial charge on any atom is 0.136 e. The third-order valence-corrected chi connectivity index (χ3v) is 18.7.